The van der Waals surface area contributed by atoms with Crippen molar-refractivity contribution in [2.24, 2.45) is 0 Å². The van der Waals surface area contributed by atoms with E-state index in [1.165, 1.54) is 11.3 Å². The van der Waals surface area contributed by atoms with Crippen LogP contribution in [-0.4, -0.2) is 27.8 Å². The summed E-state index contributed by atoms with van der Waals surface area (Å²) in [7, 11) is 0. The van der Waals surface area contributed by atoms with Crippen molar-refractivity contribution in [1.82, 2.24) is 20.4 Å². The van der Waals surface area contributed by atoms with Gasteiger partial charge in [0.05, 0.1) is 11.7 Å². The molecule has 0 radical (unpaired) electrons. The highest BCUT2D eigenvalue weighted by atomic mass is 16.2. The maximum absolute atomic E-state index is 12.0. The van der Waals surface area contributed by atoms with E-state index in [0.717, 1.165) is 12.2 Å². The number of nitrogens with one attached hydrogen (secondary N) is 2. The summed E-state index contributed by atoms with van der Waals surface area (Å²) >= 11 is 0. The SMILES string of the molecule is CCn1nc(C)c(C(C)NC(C)C(=O)NC(C)C)c1C. The van der Waals surface area contributed by atoms with E-state index in [-0.39, 0.29) is 24.0 Å². The number of carbonyl (C=O) groups excluding carboxylic acids is 1. The van der Waals surface area contributed by atoms with Crippen molar-refractivity contribution in [3.63, 3.8) is 0 Å². The molecule has 0 spiro atoms. The number of hydrogen-bond acceptors (Lipinski definition) is 3. The monoisotopic (exact) mass is 280 g/mol. The largest absolute Gasteiger partial charge is 0.353 e. The molecule has 0 aliphatic carbocycles. The Hall–Kier alpha value is -1.36. The van der Waals surface area contributed by atoms with Crippen LogP contribution in [0.2, 0.25) is 0 Å². The molecule has 20 heavy (non-hydrogen) atoms. The molecule has 5 nitrogen and oxygen atoms in total. The Bertz CT molecular complexity index is 465. The van der Waals surface area contributed by atoms with E-state index < -0.39 is 0 Å². The van der Waals surface area contributed by atoms with Gasteiger partial charge in [-0.2, -0.15) is 5.10 Å². The second-order valence-corrected chi connectivity index (χ2v) is 5.67. The molecule has 0 saturated carbocycles. The quantitative estimate of drug-likeness (QED) is 0.839. The first-order valence-corrected chi connectivity index (χ1v) is 7.38. The van der Waals surface area contributed by atoms with Crippen LogP contribution in [0.1, 0.15) is 57.6 Å². The van der Waals surface area contributed by atoms with Crippen LogP contribution in [0.15, 0.2) is 0 Å². The fourth-order valence-corrected chi connectivity index (χ4v) is 2.59. The summed E-state index contributed by atoms with van der Waals surface area (Å²) in [5.41, 5.74) is 3.39. The zero-order chi connectivity index (χ0) is 15.4. The maximum Gasteiger partial charge on any atom is 0.237 e. The van der Waals surface area contributed by atoms with Crippen molar-refractivity contribution < 1.29 is 4.79 Å². The van der Waals surface area contributed by atoms with Gasteiger partial charge in [0, 0.05) is 29.9 Å². The molecule has 1 aromatic rings. The van der Waals surface area contributed by atoms with Gasteiger partial charge in [-0.25, -0.2) is 0 Å². The van der Waals surface area contributed by atoms with E-state index in [0.29, 0.717) is 0 Å². The number of rotatable bonds is 6. The summed E-state index contributed by atoms with van der Waals surface area (Å²) in [5, 5.41) is 10.8. The van der Waals surface area contributed by atoms with Gasteiger partial charge in [0.2, 0.25) is 5.91 Å². The first-order valence-electron chi connectivity index (χ1n) is 7.38. The Balaban J connectivity index is 2.78. The summed E-state index contributed by atoms with van der Waals surface area (Å²) in [5.74, 6) is 0.0324. The van der Waals surface area contributed by atoms with Gasteiger partial charge in [0.1, 0.15) is 0 Å². The molecule has 0 aliphatic rings. The van der Waals surface area contributed by atoms with Crippen molar-refractivity contribution in [3.05, 3.63) is 17.0 Å². The number of nitrogens with zero attached hydrogens (tertiary/aromatic N) is 2. The number of aryl methyl sites for hydroxylation is 2. The molecular weight excluding hydrogens is 252 g/mol. The van der Waals surface area contributed by atoms with Gasteiger partial charge in [0.25, 0.3) is 0 Å². The van der Waals surface area contributed by atoms with E-state index in [1.54, 1.807) is 0 Å². The molecule has 2 unspecified atom stereocenters. The van der Waals surface area contributed by atoms with Gasteiger partial charge in [0.15, 0.2) is 0 Å². The van der Waals surface area contributed by atoms with Crippen LogP contribution in [0.4, 0.5) is 0 Å². The molecular formula is C15H28N4O. The van der Waals surface area contributed by atoms with Gasteiger partial charge >= 0.3 is 0 Å². The fraction of sp³-hybridized carbons (Fsp3) is 0.733. The van der Waals surface area contributed by atoms with E-state index in [1.807, 2.05) is 32.4 Å². The summed E-state index contributed by atoms with van der Waals surface area (Å²) in [4.78, 5) is 12.0. The van der Waals surface area contributed by atoms with Crippen molar-refractivity contribution in [3.8, 4) is 0 Å². The molecule has 0 aliphatic heterocycles. The van der Waals surface area contributed by atoms with Crippen LogP contribution in [0.5, 0.6) is 0 Å². The molecule has 0 saturated heterocycles. The first kappa shape index (κ1) is 16.7. The van der Waals surface area contributed by atoms with E-state index in [4.69, 9.17) is 0 Å². The lowest BCUT2D eigenvalue weighted by molar-refractivity contribution is -0.123. The number of carbonyl (C=O) groups is 1. The third kappa shape index (κ3) is 3.82. The molecule has 2 N–H and O–H groups in total. The zero-order valence-corrected chi connectivity index (χ0v) is 13.7. The van der Waals surface area contributed by atoms with E-state index in [9.17, 15) is 4.79 Å². The zero-order valence-electron chi connectivity index (χ0n) is 13.7. The van der Waals surface area contributed by atoms with Crippen LogP contribution in [0, 0.1) is 13.8 Å². The second kappa shape index (κ2) is 6.88. The van der Waals surface area contributed by atoms with Crippen molar-refractivity contribution in [1.29, 1.82) is 0 Å². The van der Waals surface area contributed by atoms with Crippen LogP contribution >= 0.6 is 0 Å². The summed E-state index contributed by atoms with van der Waals surface area (Å²) in [6.45, 7) is 14.9. The number of aromatic nitrogens is 2. The van der Waals surface area contributed by atoms with Gasteiger partial charge in [-0.1, -0.05) is 0 Å². The third-order valence-corrected chi connectivity index (χ3v) is 3.49. The van der Waals surface area contributed by atoms with Crippen LogP contribution < -0.4 is 10.6 Å². The molecule has 114 valence electrons. The third-order valence-electron chi connectivity index (χ3n) is 3.49. The Kier molecular flexibility index (Phi) is 5.74. The van der Waals surface area contributed by atoms with Crippen molar-refractivity contribution in [2.45, 2.75) is 73.1 Å². The minimum atomic E-state index is -0.226. The molecule has 1 aromatic heterocycles. The van der Waals surface area contributed by atoms with Crippen molar-refractivity contribution in [2.75, 3.05) is 0 Å². The van der Waals surface area contributed by atoms with Crippen molar-refractivity contribution >= 4 is 5.91 Å². The van der Waals surface area contributed by atoms with Crippen LogP contribution in [-0.2, 0) is 11.3 Å². The second-order valence-electron chi connectivity index (χ2n) is 5.67. The topological polar surface area (TPSA) is 59.0 Å². The van der Waals surface area contributed by atoms with Gasteiger partial charge in [-0.15, -0.1) is 0 Å². The average molecular weight is 280 g/mol. The molecule has 1 heterocycles. The molecule has 0 aromatic carbocycles. The average Bonchev–Trinajstić information content (AvgIpc) is 2.63. The summed E-state index contributed by atoms with van der Waals surface area (Å²) in [6, 6.07) is 0.0350. The number of amides is 1. The van der Waals surface area contributed by atoms with Crippen LogP contribution in [0.25, 0.3) is 0 Å². The Labute approximate surface area is 122 Å². The lowest BCUT2D eigenvalue weighted by Gasteiger charge is -2.21. The maximum atomic E-state index is 12.0. The predicted molar refractivity (Wildman–Crippen MR) is 81.7 cm³/mol. The molecule has 0 bridgehead atoms. The fourth-order valence-electron chi connectivity index (χ4n) is 2.59. The van der Waals surface area contributed by atoms with Gasteiger partial charge in [-0.3, -0.25) is 14.8 Å². The van der Waals surface area contributed by atoms with E-state index in [2.05, 4.69) is 36.5 Å². The molecule has 2 atom stereocenters. The predicted octanol–water partition coefficient (Wildman–Crippen LogP) is 2.08. The Morgan fingerprint density at radius 1 is 1.25 bits per heavy atom. The standard InChI is InChI=1S/C15H28N4O/c1-8-19-13(7)14(11(5)18-19)10(4)17-12(6)15(20)16-9(2)3/h9-10,12,17H,8H2,1-7H3,(H,16,20). The normalized spacial score (nSPS) is 14.4. The smallest absolute Gasteiger partial charge is 0.237 e. The molecule has 1 amide bonds. The highest BCUT2D eigenvalue weighted by Crippen LogP contribution is 2.21. The molecule has 5 heteroatoms. The lowest BCUT2D eigenvalue weighted by Crippen LogP contribution is -2.45. The molecule has 1 rings (SSSR count). The number of hydrogen-bond donors (Lipinski definition) is 2. The first-order chi connectivity index (χ1) is 9.27. The molecule has 0 fully saturated rings. The minimum absolute atomic E-state index is 0.0324. The lowest BCUT2D eigenvalue weighted by atomic mass is 10.1. The minimum Gasteiger partial charge on any atom is -0.353 e. The van der Waals surface area contributed by atoms with Gasteiger partial charge in [-0.05, 0) is 48.5 Å². The van der Waals surface area contributed by atoms with E-state index >= 15 is 0 Å². The highest BCUT2D eigenvalue weighted by Gasteiger charge is 2.21. The highest BCUT2D eigenvalue weighted by molar-refractivity contribution is 5.81. The Morgan fingerprint density at radius 3 is 2.30 bits per heavy atom. The Morgan fingerprint density at radius 2 is 1.85 bits per heavy atom. The summed E-state index contributed by atoms with van der Waals surface area (Å²) in [6.07, 6.45) is 0. The van der Waals surface area contributed by atoms with Crippen LogP contribution in [0.3, 0.4) is 0 Å². The van der Waals surface area contributed by atoms with Gasteiger partial charge < -0.3 is 5.32 Å². The summed E-state index contributed by atoms with van der Waals surface area (Å²) < 4.78 is 2.00.